The molecule has 0 unspecified atom stereocenters. The zero-order valence-electron chi connectivity index (χ0n) is 3.31. The quantitative estimate of drug-likeness (QED) is 0.607. The van der Waals surface area contributed by atoms with E-state index in [1.165, 1.54) is 11.5 Å². The minimum absolute atomic E-state index is 1.04. The van der Waals surface area contributed by atoms with E-state index in [1.54, 1.807) is 21.1 Å². The van der Waals surface area contributed by atoms with Crippen molar-refractivity contribution in [3.63, 3.8) is 0 Å². The van der Waals surface area contributed by atoms with Crippen LogP contribution in [-0.4, -0.2) is 37.9 Å². The molecule has 0 aromatic heterocycles. The monoisotopic (exact) mass is 225 g/mol. The van der Waals surface area contributed by atoms with E-state index in [2.05, 4.69) is 20.7 Å². The molecule has 1 aliphatic heterocycles. The maximum atomic E-state index is 2.08. The van der Waals surface area contributed by atoms with Gasteiger partial charge >= 0.3 is 58.6 Å². The molecule has 3 radical (unpaired) electrons. The molecule has 0 atom stereocenters. The third kappa shape index (κ3) is 1.23. The van der Waals surface area contributed by atoms with E-state index in [-0.39, 0.29) is 0 Å². The molecule has 1 heterocycles. The molecule has 0 nitrogen and oxygen atoms in total. The van der Waals surface area contributed by atoms with E-state index in [1.807, 2.05) is 0 Å². The van der Waals surface area contributed by atoms with Crippen LogP contribution >= 0.6 is 20.7 Å². The summed E-state index contributed by atoms with van der Waals surface area (Å²) in [4.78, 5) is 0. The first kappa shape index (κ1) is 5.63. The average Bonchev–Trinajstić information content (AvgIpc) is 1.31. The van der Waals surface area contributed by atoms with Crippen molar-refractivity contribution in [1.29, 1.82) is 0 Å². The molecular weight excluding hydrogens is 219 g/mol. The number of hydrogen-bond acceptors (Lipinski definition) is 2. The summed E-state index contributed by atoms with van der Waals surface area (Å²) in [7, 11) is 2.08. The second-order valence-electron chi connectivity index (χ2n) is 1.28. The van der Waals surface area contributed by atoms with Gasteiger partial charge in [0.15, 0.2) is 0 Å². The predicted molar refractivity (Wildman–Crippen MR) is 34.5 cm³/mol. The first-order chi connectivity index (χ1) is 2.93. The summed E-state index contributed by atoms with van der Waals surface area (Å²) in [6.45, 7) is 0. The molecule has 1 saturated heterocycles. The number of rotatable bonds is 1. The Morgan fingerprint density at radius 1 is 1.67 bits per heavy atom. The molecule has 0 aromatic rings. The topological polar surface area (TPSA) is 0 Å². The second kappa shape index (κ2) is 2.72. The summed E-state index contributed by atoms with van der Waals surface area (Å²) in [5, 5.41) is 1.04. The molecule has 0 amide bonds. The Balaban J connectivity index is 2.01. The van der Waals surface area contributed by atoms with Gasteiger partial charge in [0.2, 0.25) is 0 Å². The van der Waals surface area contributed by atoms with Gasteiger partial charge in [0.1, 0.15) is 0 Å². The third-order valence-electron chi connectivity index (χ3n) is 0.774. The molecule has 0 N–H and O–H groups in total. The van der Waals surface area contributed by atoms with Crippen LogP contribution in [0.5, 0.6) is 0 Å². The Labute approximate surface area is 58.4 Å². The fraction of sp³-hybridized carbons (Fsp3) is 1.00. The first-order valence-electron chi connectivity index (χ1n) is 1.83. The Kier molecular flexibility index (Phi) is 2.55. The van der Waals surface area contributed by atoms with Crippen molar-refractivity contribution in [2.75, 3.05) is 11.5 Å². The van der Waals surface area contributed by atoms with Crippen molar-refractivity contribution in [1.82, 2.24) is 0 Å². The number of thioether (sulfide) groups is 1. The Bertz CT molecular complexity index is 41.3. The van der Waals surface area contributed by atoms with E-state index >= 15 is 0 Å². The van der Waals surface area contributed by atoms with Crippen LogP contribution in [0.3, 0.4) is 0 Å². The standard InChI is InChI=1S/C3H6S2.Sn/c4-3-1-5-2-3;/h3-4H,1-2H2;/q;+1/p-1. The summed E-state index contributed by atoms with van der Waals surface area (Å²) < 4.78 is 0. The molecule has 0 aliphatic carbocycles. The molecule has 6 heavy (non-hydrogen) atoms. The number of hydrogen-bond donors (Lipinski definition) is 0. The van der Waals surface area contributed by atoms with Gasteiger partial charge in [0.05, 0.1) is 0 Å². The van der Waals surface area contributed by atoms with Crippen molar-refractivity contribution in [3.8, 4) is 0 Å². The van der Waals surface area contributed by atoms with Gasteiger partial charge in [-0.25, -0.2) is 0 Å². The Morgan fingerprint density at radius 3 is 2.33 bits per heavy atom. The maximum absolute atomic E-state index is 2.08. The molecule has 1 aliphatic rings. The van der Waals surface area contributed by atoms with Crippen LogP contribution in [0.25, 0.3) is 0 Å². The Hall–Kier alpha value is 1.50. The van der Waals surface area contributed by atoms with E-state index in [0.29, 0.717) is 0 Å². The average molecular weight is 224 g/mol. The van der Waals surface area contributed by atoms with Crippen molar-refractivity contribution < 1.29 is 0 Å². The molecule has 1 fully saturated rings. The van der Waals surface area contributed by atoms with Crippen molar-refractivity contribution in [2.45, 2.75) is 5.25 Å². The molecule has 0 aromatic carbocycles. The van der Waals surface area contributed by atoms with Gasteiger partial charge in [-0.15, -0.1) is 0 Å². The van der Waals surface area contributed by atoms with Crippen LogP contribution in [0.1, 0.15) is 0 Å². The summed E-state index contributed by atoms with van der Waals surface area (Å²) in [6.07, 6.45) is 0. The summed E-state index contributed by atoms with van der Waals surface area (Å²) >= 11 is 3.70. The van der Waals surface area contributed by atoms with Gasteiger partial charge in [-0.3, -0.25) is 0 Å². The molecule has 3 heteroatoms. The van der Waals surface area contributed by atoms with Crippen LogP contribution in [0.4, 0.5) is 0 Å². The van der Waals surface area contributed by atoms with E-state index in [0.717, 1.165) is 5.25 Å². The fourth-order valence-electron chi connectivity index (χ4n) is 0.282. The molecular formula is C3H5S2Sn. The minimum atomic E-state index is 1.04. The zero-order valence-corrected chi connectivity index (χ0v) is 7.80. The Morgan fingerprint density at radius 2 is 2.33 bits per heavy atom. The second-order valence-corrected chi connectivity index (χ2v) is 5.27. The summed E-state index contributed by atoms with van der Waals surface area (Å²) in [6, 6.07) is 0. The first-order valence-corrected chi connectivity index (χ1v) is 7.36. The third-order valence-corrected chi connectivity index (χ3v) is 5.99. The summed E-state index contributed by atoms with van der Waals surface area (Å²) in [5.41, 5.74) is 0. The van der Waals surface area contributed by atoms with Crippen LogP contribution in [0.15, 0.2) is 0 Å². The van der Waals surface area contributed by atoms with Crippen molar-refractivity contribution in [2.24, 2.45) is 0 Å². The molecule has 0 bridgehead atoms. The van der Waals surface area contributed by atoms with E-state index < -0.39 is 0 Å². The molecule has 0 spiro atoms. The van der Waals surface area contributed by atoms with Gasteiger partial charge < -0.3 is 0 Å². The SMILES string of the molecule is [Sn][S]C1CSC1. The van der Waals surface area contributed by atoms with E-state index in [4.69, 9.17) is 0 Å². The van der Waals surface area contributed by atoms with Crippen molar-refractivity contribution >= 4 is 41.8 Å². The molecule has 33 valence electrons. The van der Waals surface area contributed by atoms with Gasteiger partial charge in [-0.1, -0.05) is 0 Å². The van der Waals surface area contributed by atoms with Crippen molar-refractivity contribution in [3.05, 3.63) is 0 Å². The van der Waals surface area contributed by atoms with Gasteiger partial charge in [0, 0.05) is 0 Å². The predicted octanol–water partition coefficient (Wildman–Crippen LogP) is 0.918. The van der Waals surface area contributed by atoms with Gasteiger partial charge in [0.25, 0.3) is 0 Å². The molecule has 0 saturated carbocycles. The fourth-order valence-corrected chi connectivity index (χ4v) is 5.33. The van der Waals surface area contributed by atoms with Crippen LogP contribution in [0, 0.1) is 0 Å². The van der Waals surface area contributed by atoms with Gasteiger partial charge in [-0.2, -0.15) is 0 Å². The van der Waals surface area contributed by atoms with Gasteiger partial charge in [-0.05, 0) is 0 Å². The van der Waals surface area contributed by atoms with E-state index in [9.17, 15) is 0 Å². The summed E-state index contributed by atoms with van der Waals surface area (Å²) in [5.74, 6) is 2.83. The van der Waals surface area contributed by atoms with Crippen LogP contribution in [-0.2, 0) is 0 Å². The van der Waals surface area contributed by atoms with Crippen LogP contribution < -0.4 is 0 Å². The normalized spacial score (nSPS) is 23.5. The van der Waals surface area contributed by atoms with Crippen LogP contribution in [0.2, 0.25) is 0 Å². The zero-order chi connectivity index (χ0) is 4.41. The molecule has 1 rings (SSSR count).